The summed E-state index contributed by atoms with van der Waals surface area (Å²) in [5.74, 6) is 0.647. The number of benzene rings is 1. The highest BCUT2D eigenvalue weighted by atomic mass is 19.1. The number of aromatic amines is 1. The molecule has 9 heteroatoms. The average Bonchev–Trinajstić information content (AvgIpc) is 3.36. The number of pyridine rings is 3. The molecule has 0 saturated carbocycles. The first-order valence-electron chi connectivity index (χ1n) is 12.2. The van der Waals surface area contributed by atoms with Gasteiger partial charge in [0.1, 0.15) is 22.9 Å². The van der Waals surface area contributed by atoms with Crippen LogP contribution in [0.25, 0.3) is 33.3 Å². The quantitative estimate of drug-likeness (QED) is 0.289. The van der Waals surface area contributed by atoms with E-state index in [0.717, 1.165) is 44.6 Å². The monoisotopic (exact) mass is 507 g/mol. The summed E-state index contributed by atoms with van der Waals surface area (Å²) < 4.78 is 14.1. The van der Waals surface area contributed by atoms with E-state index in [-0.39, 0.29) is 11.7 Å². The van der Waals surface area contributed by atoms with Crippen molar-refractivity contribution in [3.05, 3.63) is 89.6 Å². The van der Waals surface area contributed by atoms with Gasteiger partial charge < -0.3 is 10.3 Å². The predicted molar refractivity (Wildman–Crippen MR) is 147 cm³/mol. The van der Waals surface area contributed by atoms with Gasteiger partial charge in [0.25, 0.3) is 0 Å². The summed E-state index contributed by atoms with van der Waals surface area (Å²) in [5.41, 5.74) is 7.73. The summed E-state index contributed by atoms with van der Waals surface area (Å²) >= 11 is 0. The third-order valence-corrected chi connectivity index (χ3v) is 6.36. The first kappa shape index (κ1) is 24.9. The van der Waals surface area contributed by atoms with E-state index in [1.807, 2.05) is 26.0 Å². The molecule has 0 unspecified atom stereocenters. The van der Waals surface area contributed by atoms with Crippen LogP contribution in [0.2, 0.25) is 0 Å². The van der Waals surface area contributed by atoms with E-state index in [9.17, 15) is 9.18 Å². The van der Waals surface area contributed by atoms with Crippen LogP contribution in [0.1, 0.15) is 36.0 Å². The van der Waals surface area contributed by atoms with Gasteiger partial charge in [-0.05, 0) is 55.3 Å². The molecule has 5 rings (SSSR count). The number of rotatable bonds is 6. The van der Waals surface area contributed by atoms with Crippen LogP contribution in [0.3, 0.4) is 0 Å². The maximum absolute atomic E-state index is 14.1. The topological polar surface area (TPSA) is 109 Å². The summed E-state index contributed by atoms with van der Waals surface area (Å²) in [4.78, 5) is 37.7. The van der Waals surface area contributed by atoms with E-state index < -0.39 is 0 Å². The van der Waals surface area contributed by atoms with E-state index in [2.05, 4.69) is 30.2 Å². The predicted octanol–water partition coefficient (Wildman–Crippen LogP) is 5.65. The van der Waals surface area contributed by atoms with Gasteiger partial charge in [0.2, 0.25) is 5.91 Å². The number of imidazole rings is 1. The summed E-state index contributed by atoms with van der Waals surface area (Å²) in [6.07, 6.45) is 7.26. The van der Waals surface area contributed by atoms with Crippen LogP contribution >= 0.6 is 0 Å². The van der Waals surface area contributed by atoms with Gasteiger partial charge in [-0.3, -0.25) is 19.8 Å². The van der Waals surface area contributed by atoms with Gasteiger partial charge in [-0.25, -0.2) is 14.4 Å². The molecule has 8 nitrogen and oxygen atoms in total. The number of H-pyrrole nitrogens is 1. The number of hydrogen-bond acceptors (Lipinski definition) is 6. The van der Waals surface area contributed by atoms with Crippen molar-refractivity contribution in [1.82, 2.24) is 24.9 Å². The Labute approximate surface area is 219 Å². The maximum atomic E-state index is 14.1. The standard InChI is InChI=1S/C29H26FN7O/c1-5-26(38)36-25-9-7-18(12-34-25)19-10-22(17(3)33-13-19)28(31-4)29-35-24-15-32-14-23(27(24)37-29)21-11-20(30)8-6-16(21)2/h6-15H,5H2,1-4H3,(H,35,37)(H,34,36,38). The van der Waals surface area contributed by atoms with Crippen LogP contribution in [0.4, 0.5) is 10.2 Å². The average molecular weight is 508 g/mol. The number of anilines is 1. The Bertz CT molecular complexity index is 1690. The Morgan fingerprint density at radius 3 is 2.55 bits per heavy atom. The lowest BCUT2D eigenvalue weighted by Crippen LogP contribution is -2.10. The lowest BCUT2D eigenvalue weighted by molar-refractivity contribution is -0.115. The molecule has 0 bridgehead atoms. The van der Waals surface area contributed by atoms with E-state index in [4.69, 9.17) is 4.98 Å². The summed E-state index contributed by atoms with van der Waals surface area (Å²) in [5, 5.41) is 2.75. The van der Waals surface area contributed by atoms with E-state index in [1.54, 1.807) is 50.9 Å². The Morgan fingerprint density at radius 1 is 1.00 bits per heavy atom. The van der Waals surface area contributed by atoms with Crippen molar-refractivity contribution in [1.29, 1.82) is 0 Å². The van der Waals surface area contributed by atoms with E-state index in [1.165, 1.54) is 12.1 Å². The van der Waals surface area contributed by atoms with Crippen molar-refractivity contribution in [3.63, 3.8) is 0 Å². The minimum Gasteiger partial charge on any atom is -0.335 e. The number of nitrogens with zero attached hydrogens (tertiary/aromatic N) is 5. The van der Waals surface area contributed by atoms with E-state index >= 15 is 0 Å². The molecule has 0 aliphatic heterocycles. The van der Waals surface area contributed by atoms with Gasteiger partial charge in [0, 0.05) is 60.0 Å². The number of halogens is 1. The zero-order valence-corrected chi connectivity index (χ0v) is 21.5. The number of carbonyl (C=O) groups is 1. The van der Waals surface area contributed by atoms with Crippen molar-refractivity contribution >= 4 is 28.5 Å². The number of fused-ring (bicyclic) bond motifs is 1. The molecular formula is C29H26FN7O. The maximum Gasteiger partial charge on any atom is 0.225 e. The molecule has 4 aromatic heterocycles. The molecule has 2 N–H and O–H groups in total. The fraction of sp³-hybridized carbons (Fsp3) is 0.172. The second-order valence-electron chi connectivity index (χ2n) is 8.89. The fourth-order valence-corrected chi connectivity index (χ4v) is 4.28. The molecule has 1 aromatic carbocycles. The van der Waals surface area contributed by atoms with Crippen LogP contribution in [-0.4, -0.2) is 43.6 Å². The number of carbonyl (C=O) groups excluding carboxylic acids is 1. The first-order valence-corrected chi connectivity index (χ1v) is 12.2. The Balaban J connectivity index is 1.54. The highest BCUT2D eigenvalue weighted by Gasteiger charge is 2.18. The number of amides is 1. The largest absolute Gasteiger partial charge is 0.335 e. The molecular weight excluding hydrogens is 481 g/mol. The zero-order chi connectivity index (χ0) is 26.8. The molecule has 0 radical (unpaired) electrons. The van der Waals surface area contributed by atoms with Crippen molar-refractivity contribution in [2.24, 2.45) is 4.99 Å². The fourth-order valence-electron chi connectivity index (χ4n) is 4.28. The molecule has 0 fully saturated rings. The number of aliphatic imine (C=N–C) groups is 1. The smallest absolute Gasteiger partial charge is 0.225 e. The first-order chi connectivity index (χ1) is 18.4. The van der Waals surface area contributed by atoms with Gasteiger partial charge in [0.05, 0.1) is 11.7 Å². The molecule has 0 aliphatic rings. The minimum absolute atomic E-state index is 0.0925. The molecule has 0 atom stereocenters. The molecule has 4 heterocycles. The molecule has 0 spiro atoms. The molecule has 0 saturated heterocycles. The lowest BCUT2D eigenvalue weighted by Gasteiger charge is -2.10. The SMILES string of the molecule is CCC(=O)Nc1ccc(-c2cnc(C)c(C(=NC)c3nc4c(-c5cc(F)ccc5C)cncc4[nH]3)c2)cn1. The zero-order valence-electron chi connectivity index (χ0n) is 21.5. The molecule has 190 valence electrons. The Kier molecular flexibility index (Phi) is 6.74. The summed E-state index contributed by atoms with van der Waals surface area (Å²) in [6, 6.07) is 10.3. The third-order valence-electron chi connectivity index (χ3n) is 6.36. The highest BCUT2D eigenvalue weighted by Crippen LogP contribution is 2.30. The third kappa shape index (κ3) is 4.78. The second kappa shape index (κ2) is 10.3. The van der Waals surface area contributed by atoms with Crippen molar-refractivity contribution in [2.75, 3.05) is 12.4 Å². The van der Waals surface area contributed by atoms with E-state index in [0.29, 0.717) is 29.3 Å². The second-order valence-corrected chi connectivity index (χ2v) is 8.89. The molecule has 38 heavy (non-hydrogen) atoms. The number of aryl methyl sites for hydroxylation is 2. The number of aromatic nitrogens is 5. The van der Waals surface area contributed by atoms with Crippen LogP contribution < -0.4 is 5.32 Å². The van der Waals surface area contributed by atoms with Gasteiger partial charge in [-0.1, -0.05) is 13.0 Å². The minimum atomic E-state index is -0.317. The van der Waals surface area contributed by atoms with Crippen LogP contribution in [-0.2, 0) is 4.79 Å². The van der Waals surface area contributed by atoms with Crippen LogP contribution in [0.5, 0.6) is 0 Å². The van der Waals surface area contributed by atoms with Gasteiger partial charge in [-0.2, -0.15) is 0 Å². The highest BCUT2D eigenvalue weighted by molar-refractivity contribution is 6.13. The van der Waals surface area contributed by atoms with Gasteiger partial charge in [-0.15, -0.1) is 0 Å². The van der Waals surface area contributed by atoms with Crippen LogP contribution in [0.15, 0.2) is 66.2 Å². The normalized spacial score (nSPS) is 11.7. The lowest BCUT2D eigenvalue weighted by atomic mass is 10.0. The molecule has 5 aromatic rings. The van der Waals surface area contributed by atoms with Crippen molar-refractivity contribution in [2.45, 2.75) is 27.2 Å². The van der Waals surface area contributed by atoms with Gasteiger partial charge >= 0.3 is 0 Å². The number of hydrogen-bond donors (Lipinski definition) is 2. The summed E-state index contributed by atoms with van der Waals surface area (Å²) in [6.45, 7) is 5.63. The molecule has 1 amide bonds. The molecule has 0 aliphatic carbocycles. The van der Waals surface area contributed by atoms with Crippen LogP contribution in [0, 0.1) is 19.7 Å². The van der Waals surface area contributed by atoms with Gasteiger partial charge in [0.15, 0.2) is 5.82 Å². The Hall–Kier alpha value is -4.79. The van der Waals surface area contributed by atoms with Crippen molar-refractivity contribution < 1.29 is 9.18 Å². The van der Waals surface area contributed by atoms with Crippen molar-refractivity contribution in [3.8, 4) is 22.3 Å². The Morgan fingerprint density at radius 2 is 1.82 bits per heavy atom. The summed E-state index contributed by atoms with van der Waals surface area (Å²) in [7, 11) is 1.71. The number of nitrogens with one attached hydrogen (secondary N) is 2.